The largest absolute Gasteiger partial charge is 0.452 e. The Morgan fingerprint density at radius 3 is 2.60 bits per heavy atom. The van der Waals surface area contributed by atoms with Crippen LogP contribution in [0.3, 0.4) is 0 Å². The van der Waals surface area contributed by atoms with Crippen LogP contribution in [0.15, 0.2) is 18.2 Å². The molecule has 1 aromatic rings. The number of anilines is 1. The van der Waals surface area contributed by atoms with Crippen LogP contribution >= 0.6 is 0 Å². The number of alkyl halides is 3. The van der Waals surface area contributed by atoms with Crippen molar-refractivity contribution < 1.29 is 35.9 Å². The number of hydrogen-bond donors (Lipinski definition) is 1. The first-order valence-electron chi connectivity index (χ1n) is 7.08. The lowest BCUT2D eigenvalue weighted by Crippen LogP contribution is -2.36. The lowest BCUT2D eigenvalue weighted by atomic mass is 10.1. The van der Waals surface area contributed by atoms with Crippen molar-refractivity contribution in [3.05, 3.63) is 29.3 Å². The molecule has 0 bridgehead atoms. The molecule has 2 rings (SSSR count). The summed E-state index contributed by atoms with van der Waals surface area (Å²) in [6.45, 7) is -2.10. The number of ether oxygens (including phenoxy) is 1. The molecule has 7 nitrogen and oxygen atoms in total. The highest BCUT2D eigenvalue weighted by molar-refractivity contribution is 7.92. The van der Waals surface area contributed by atoms with E-state index in [1.165, 1.54) is 22.5 Å². The minimum atomic E-state index is -4.55. The highest BCUT2D eigenvalue weighted by atomic mass is 32.2. The van der Waals surface area contributed by atoms with Gasteiger partial charge in [0, 0.05) is 6.54 Å². The molecule has 0 fully saturated rings. The third-order valence-electron chi connectivity index (χ3n) is 3.39. The first kappa shape index (κ1) is 19.0. The topological polar surface area (TPSA) is 92.8 Å². The first-order chi connectivity index (χ1) is 11.5. The van der Waals surface area contributed by atoms with Crippen LogP contribution < -0.4 is 9.62 Å². The summed E-state index contributed by atoms with van der Waals surface area (Å²) >= 11 is 0. The molecule has 138 valence electrons. The fourth-order valence-corrected chi connectivity index (χ4v) is 3.27. The Balaban J connectivity index is 1.97. The number of carbonyl (C=O) groups excluding carboxylic acids is 2. The van der Waals surface area contributed by atoms with E-state index < -0.39 is 41.2 Å². The van der Waals surface area contributed by atoms with E-state index in [-0.39, 0.29) is 12.1 Å². The van der Waals surface area contributed by atoms with Gasteiger partial charge in [-0.2, -0.15) is 13.2 Å². The maximum atomic E-state index is 12.0. The van der Waals surface area contributed by atoms with Crippen LogP contribution in [-0.2, 0) is 26.0 Å². The molecule has 11 heteroatoms. The van der Waals surface area contributed by atoms with Gasteiger partial charge in [-0.1, -0.05) is 0 Å². The molecule has 1 aliphatic rings. The van der Waals surface area contributed by atoms with E-state index in [0.29, 0.717) is 17.7 Å². The van der Waals surface area contributed by atoms with Crippen LogP contribution in [0, 0.1) is 0 Å². The van der Waals surface area contributed by atoms with E-state index in [1.807, 2.05) is 0 Å². The average Bonchev–Trinajstić information content (AvgIpc) is 2.93. The molecule has 0 aromatic heterocycles. The Morgan fingerprint density at radius 1 is 1.32 bits per heavy atom. The van der Waals surface area contributed by atoms with Gasteiger partial charge < -0.3 is 10.1 Å². The van der Waals surface area contributed by atoms with E-state index in [4.69, 9.17) is 0 Å². The van der Waals surface area contributed by atoms with Gasteiger partial charge in [0.2, 0.25) is 10.0 Å². The van der Waals surface area contributed by atoms with E-state index in [9.17, 15) is 31.2 Å². The summed E-state index contributed by atoms with van der Waals surface area (Å²) in [5.41, 5.74) is 1.17. The Labute approximate surface area is 141 Å². The van der Waals surface area contributed by atoms with Crippen molar-refractivity contribution in [2.45, 2.75) is 12.6 Å². The van der Waals surface area contributed by atoms with Gasteiger partial charge in [0.05, 0.1) is 17.5 Å². The van der Waals surface area contributed by atoms with Crippen LogP contribution in [0.5, 0.6) is 0 Å². The standard InChI is InChI=1S/C14H15F3N2O5S/c1-25(22,23)19-5-4-9-6-10(2-3-11(9)19)13(21)24-7-12(20)18-8-14(15,16)17/h2-3,6H,4-5,7-8H2,1H3,(H,18,20). The Morgan fingerprint density at radius 2 is 2.00 bits per heavy atom. The number of halogens is 3. The zero-order valence-electron chi connectivity index (χ0n) is 13.1. The molecular weight excluding hydrogens is 365 g/mol. The SMILES string of the molecule is CS(=O)(=O)N1CCc2cc(C(=O)OCC(=O)NCC(F)(F)F)ccc21. The molecule has 1 amide bonds. The monoisotopic (exact) mass is 380 g/mol. The van der Waals surface area contributed by atoms with Gasteiger partial charge in [-0.05, 0) is 30.2 Å². The van der Waals surface area contributed by atoms with Gasteiger partial charge in [0.15, 0.2) is 6.61 Å². The minimum absolute atomic E-state index is 0.0812. The Hall–Kier alpha value is -2.30. The molecule has 0 spiro atoms. The van der Waals surface area contributed by atoms with Crippen molar-refractivity contribution in [3.63, 3.8) is 0 Å². The summed E-state index contributed by atoms with van der Waals surface area (Å²) in [5.74, 6) is -1.96. The number of esters is 1. The summed E-state index contributed by atoms with van der Waals surface area (Å²) in [5, 5.41) is 1.58. The summed E-state index contributed by atoms with van der Waals surface area (Å²) < 4.78 is 65.0. The third-order valence-corrected chi connectivity index (χ3v) is 4.57. The Kier molecular flexibility index (Phi) is 5.26. The fourth-order valence-electron chi connectivity index (χ4n) is 2.31. The van der Waals surface area contributed by atoms with Crippen LogP contribution in [-0.4, -0.2) is 52.4 Å². The number of sulfonamides is 1. The molecule has 0 radical (unpaired) electrons. The molecule has 1 aromatic carbocycles. The van der Waals surface area contributed by atoms with E-state index in [2.05, 4.69) is 4.74 Å². The number of nitrogens with zero attached hydrogens (tertiary/aromatic N) is 1. The molecule has 1 N–H and O–H groups in total. The third kappa shape index (κ3) is 5.08. The maximum absolute atomic E-state index is 12.0. The van der Waals surface area contributed by atoms with E-state index >= 15 is 0 Å². The molecular formula is C14H15F3N2O5S. The number of rotatable bonds is 5. The highest BCUT2D eigenvalue weighted by Gasteiger charge is 2.28. The average molecular weight is 380 g/mol. The molecule has 0 saturated heterocycles. The fraction of sp³-hybridized carbons (Fsp3) is 0.429. The van der Waals surface area contributed by atoms with Crippen molar-refractivity contribution in [3.8, 4) is 0 Å². The van der Waals surface area contributed by atoms with Crippen LogP contribution in [0.4, 0.5) is 18.9 Å². The lowest BCUT2D eigenvalue weighted by Gasteiger charge is -2.16. The second-order valence-corrected chi connectivity index (χ2v) is 7.30. The van der Waals surface area contributed by atoms with Crippen LogP contribution in [0.1, 0.15) is 15.9 Å². The second-order valence-electron chi connectivity index (χ2n) is 5.40. The molecule has 1 aliphatic heterocycles. The number of hydrogen-bond acceptors (Lipinski definition) is 5. The first-order valence-corrected chi connectivity index (χ1v) is 8.93. The lowest BCUT2D eigenvalue weighted by molar-refractivity contribution is -0.140. The normalized spacial score (nSPS) is 14.2. The summed E-state index contributed by atoms with van der Waals surface area (Å²) in [6.07, 6.45) is -3.06. The smallest absolute Gasteiger partial charge is 0.405 e. The Bertz CT molecular complexity index is 792. The van der Waals surface area contributed by atoms with Gasteiger partial charge in [-0.3, -0.25) is 9.10 Å². The zero-order chi connectivity index (χ0) is 18.8. The molecule has 1 heterocycles. The summed E-state index contributed by atoms with van der Waals surface area (Å²) in [6, 6.07) is 4.22. The quantitative estimate of drug-likeness (QED) is 0.765. The molecule has 0 aliphatic carbocycles. The maximum Gasteiger partial charge on any atom is 0.405 e. The predicted molar refractivity (Wildman–Crippen MR) is 81.7 cm³/mol. The van der Waals surface area contributed by atoms with Crippen molar-refractivity contribution in [1.82, 2.24) is 5.32 Å². The van der Waals surface area contributed by atoms with Gasteiger partial charge in [-0.25, -0.2) is 13.2 Å². The highest BCUT2D eigenvalue weighted by Crippen LogP contribution is 2.30. The molecule has 0 unspecified atom stereocenters. The van der Waals surface area contributed by atoms with E-state index in [1.54, 1.807) is 5.32 Å². The molecule has 25 heavy (non-hydrogen) atoms. The van der Waals surface area contributed by atoms with Gasteiger partial charge in [0.1, 0.15) is 6.54 Å². The van der Waals surface area contributed by atoms with Crippen molar-refractivity contribution in [2.24, 2.45) is 0 Å². The van der Waals surface area contributed by atoms with Crippen molar-refractivity contribution >= 4 is 27.6 Å². The van der Waals surface area contributed by atoms with E-state index in [0.717, 1.165) is 6.26 Å². The molecule has 0 saturated carbocycles. The predicted octanol–water partition coefficient (Wildman–Crippen LogP) is 0.844. The summed E-state index contributed by atoms with van der Waals surface area (Å²) in [4.78, 5) is 23.1. The number of benzene rings is 1. The summed E-state index contributed by atoms with van der Waals surface area (Å²) in [7, 11) is -3.42. The second kappa shape index (κ2) is 6.90. The number of amides is 1. The van der Waals surface area contributed by atoms with Crippen LogP contribution in [0.25, 0.3) is 0 Å². The van der Waals surface area contributed by atoms with Gasteiger partial charge in [-0.15, -0.1) is 0 Å². The van der Waals surface area contributed by atoms with Crippen LogP contribution in [0.2, 0.25) is 0 Å². The van der Waals surface area contributed by atoms with Gasteiger partial charge in [0.25, 0.3) is 5.91 Å². The van der Waals surface area contributed by atoms with Gasteiger partial charge >= 0.3 is 12.1 Å². The number of carbonyl (C=O) groups is 2. The minimum Gasteiger partial charge on any atom is -0.452 e. The van der Waals surface area contributed by atoms with Crippen molar-refractivity contribution in [2.75, 3.05) is 30.3 Å². The zero-order valence-corrected chi connectivity index (χ0v) is 13.9. The number of nitrogens with one attached hydrogen (secondary N) is 1. The number of fused-ring (bicyclic) bond motifs is 1. The van der Waals surface area contributed by atoms with Crippen molar-refractivity contribution in [1.29, 1.82) is 0 Å². The molecule has 0 atom stereocenters.